The fourth-order valence-electron chi connectivity index (χ4n) is 3.81. The Balaban J connectivity index is 1.91. The molecule has 2 aromatic rings. The number of carbonyl (C=O) groups is 2. The fourth-order valence-corrected chi connectivity index (χ4v) is 3.81. The number of allylic oxidation sites excluding steroid dienone is 2. The second kappa shape index (κ2) is 7.15. The van der Waals surface area contributed by atoms with Gasteiger partial charge in [-0.15, -0.1) is 0 Å². The monoisotopic (exact) mass is 400 g/mol. The van der Waals surface area contributed by atoms with Crippen LogP contribution in [0.4, 0.5) is 13.2 Å². The molecule has 1 aliphatic carbocycles. The number of carbonyl (C=O) groups excluding carboxylic acids is 2. The first-order valence-electron chi connectivity index (χ1n) is 9.31. The molecule has 4 rings (SSSR count). The third kappa shape index (κ3) is 3.46. The Kier molecular flexibility index (Phi) is 4.78. The number of hydrogen-bond donors (Lipinski definition) is 0. The number of hydrogen-bond acceptors (Lipinski definition) is 4. The summed E-state index contributed by atoms with van der Waals surface area (Å²) in [6, 6.07) is 11.1. The minimum atomic E-state index is -4.54. The molecule has 1 heterocycles. The predicted molar refractivity (Wildman–Crippen MR) is 103 cm³/mol. The molecule has 7 heteroatoms. The van der Waals surface area contributed by atoms with Crippen LogP contribution in [-0.2, 0) is 6.18 Å². The summed E-state index contributed by atoms with van der Waals surface area (Å²) < 4.78 is 39.8. The van der Waals surface area contributed by atoms with E-state index in [4.69, 9.17) is 0 Å². The molecule has 4 nitrogen and oxygen atoms in total. The summed E-state index contributed by atoms with van der Waals surface area (Å²) in [5.41, 5.74) is 0.0244. The Morgan fingerprint density at radius 3 is 2.07 bits per heavy atom. The first-order valence-corrected chi connectivity index (χ1v) is 9.31. The van der Waals surface area contributed by atoms with E-state index in [-0.39, 0.29) is 28.2 Å². The normalized spacial score (nSPS) is 18.3. The molecular formula is C22H19F3N2O2. The molecule has 0 unspecified atom stereocenters. The van der Waals surface area contributed by atoms with Crippen molar-refractivity contribution in [3.05, 3.63) is 76.5 Å². The minimum absolute atomic E-state index is 0.0457. The van der Waals surface area contributed by atoms with Crippen LogP contribution in [0.2, 0.25) is 0 Å². The van der Waals surface area contributed by atoms with Crippen molar-refractivity contribution >= 4 is 17.1 Å². The number of likely N-dealkylation sites (N-methyl/N-ethyl adjacent to an activating group) is 1. The summed E-state index contributed by atoms with van der Waals surface area (Å²) in [5, 5.41) is 0. The molecule has 0 radical (unpaired) electrons. The highest BCUT2D eigenvalue weighted by molar-refractivity contribution is 6.40. The molecule has 0 spiro atoms. The number of fused-ring (bicyclic) bond motifs is 1. The van der Waals surface area contributed by atoms with E-state index in [1.165, 1.54) is 12.1 Å². The zero-order valence-electron chi connectivity index (χ0n) is 15.8. The standard InChI is InChI=1S/C22H19F3N2O2/c1-26-9-11-27(12-10-26)19-18(14-5-4-6-15(13-14)22(23,24)25)20(28)16-7-2-3-8-17(16)21(19)29/h2-8,13H,9-12H2,1H3. The average molecular weight is 400 g/mol. The maximum absolute atomic E-state index is 13.3. The van der Waals surface area contributed by atoms with Gasteiger partial charge in [0.1, 0.15) is 0 Å². The van der Waals surface area contributed by atoms with Crippen LogP contribution in [0.15, 0.2) is 54.2 Å². The summed E-state index contributed by atoms with van der Waals surface area (Å²) in [6.45, 7) is 2.44. The van der Waals surface area contributed by atoms with Crippen LogP contribution in [0.3, 0.4) is 0 Å². The molecule has 0 bridgehead atoms. The van der Waals surface area contributed by atoms with Crippen molar-refractivity contribution in [3.63, 3.8) is 0 Å². The topological polar surface area (TPSA) is 40.6 Å². The van der Waals surface area contributed by atoms with Crippen LogP contribution in [0.1, 0.15) is 31.8 Å². The highest BCUT2D eigenvalue weighted by Gasteiger charge is 2.37. The predicted octanol–water partition coefficient (Wildman–Crippen LogP) is 3.74. The molecule has 2 aromatic carbocycles. The van der Waals surface area contributed by atoms with Crippen molar-refractivity contribution < 1.29 is 22.8 Å². The van der Waals surface area contributed by atoms with Gasteiger partial charge in [-0.1, -0.05) is 36.4 Å². The van der Waals surface area contributed by atoms with E-state index in [9.17, 15) is 22.8 Å². The molecule has 150 valence electrons. The van der Waals surface area contributed by atoms with Gasteiger partial charge in [0.25, 0.3) is 0 Å². The quantitative estimate of drug-likeness (QED) is 0.770. The van der Waals surface area contributed by atoms with Crippen LogP contribution in [-0.4, -0.2) is 54.6 Å². The third-order valence-corrected chi connectivity index (χ3v) is 5.39. The third-order valence-electron chi connectivity index (χ3n) is 5.39. The number of benzene rings is 2. The van der Waals surface area contributed by atoms with E-state index in [1.807, 2.05) is 11.9 Å². The van der Waals surface area contributed by atoms with Crippen LogP contribution in [0, 0.1) is 0 Å². The van der Waals surface area contributed by atoms with Gasteiger partial charge in [0, 0.05) is 37.3 Å². The molecule has 2 aliphatic rings. The van der Waals surface area contributed by atoms with E-state index in [0.717, 1.165) is 12.1 Å². The first kappa shape index (κ1) is 19.4. The maximum Gasteiger partial charge on any atom is 0.416 e. The maximum atomic E-state index is 13.3. The lowest BCUT2D eigenvalue weighted by Crippen LogP contribution is -2.46. The van der Waals surface area contributed by atoms with Gasteiger partial charge >= 0.3 is 6.18 Å². The zero-order chi connectivity index (χ0) is 20.8. The Morgan fingerprint density at radius 1 is 0.828 bits per heavy atom. The van der Waals surface area contributed by atoms with Gasteiger partial charge in [-0.05, 0) is 24.7 Å². The molecule has 0 saturated carbocycles. The van der Waals surface area contributed by atoms with Crippen molar-refractivity contribution in [3.8, 4) is 0 Å². The van der Waals surface area contributed by atoms with Crippen LogP contribution in [0.5, 0.6) is 0 Å². The first-order chi connectivity index (χ1) is 13.8. The van der Waals surface area contributed by atoms with E-state index in [1.54, 1.807) is 24.3 Å². The minimum Gasteiger partial charge on any atom is -0.365 e. The zero-order valence-corrected chi connectivity index (χ0v) is 15.8. The van der Waals surface area contributed by atoms with Gasteiger partial charge in [-0.3, -0.25) is 9.59 Å². The average Bonchev–Trinajstić information content (AvgIpc) is 2.71. The molecule has 1 saturated heterocycles. The summed E-state index contributed by atoms with van der Waals surface area (Å²) >= 11 is 0. The Bertz CT molecular complexity index is 1020. The van der Waals surface area contributed by atoms with E-state index in [2.05, 4.69) is 4.90 Å². The molecule has 0 N–H and O–H groups in total. The van der Waals surface area contributed by atoms with Crippen molar-refractivity contribution in [1.82, 2.24) is 9.80 Å². The summed E-state index contributed by atoms with van der Waals surface area (Å²) in [4.78, 5) is 30.6. The van der Waals surface area contributed by atoms with Crippen molar-refractivity contribution in [2.45, 2.75) is 6.18 Å². The number of halogens is 3. The van der Waals surface area contributed by atoms with Gasteiger partial charge in [0.2, 0.25) is 5.78 Å². The molecule has 1 fully saturated rings. The number of nitrogens with zero attached hydrogens (tertiary/aromatic N) is 2. The van der Waals surface area contributed by atoms with Gasteiger partial charge < -0.3 is 9.80 Å². The number of ketones is 2. The van der Waals surface area contributed by atoms with E-state index in [0.29, 0.717) is 31.7 Å². The Hall–Kier alpha value is -2.93. The van der Waals surface area contributed by atoms with Gasteiger partial charge in [-0.25, -0.2) is 0 Å². The van der Waals surface area contributed by atoms with Crippen LogP contribution >= 0.6 is 0 Å². The Labute approximate surface area is 166 Å². The number of piperazine rings is 1. The van der Waals surface area contributed by atoms with Crippen molar-refractivity contribution in [2.24, 2.45) is 0 Å². The van der Waals surface area contributed by atoms with Crippen LogP contribution in [0.25, 0.3) is 5.57 Å². The fraction of sp³-hybridized carbons (Fsp3) is 0.273. The lowest BCUT2D eigenvalue weighted by Gasteiger charge is -2.37. The van der Waals surface area contributed by atoms with Gasteiger partial charge in [-0.2, -0.15) is 13.2 Å². The lowest BCUT2D eigenvalue weighted by atomic mass is 9.83. The molecule has 1 aliphatic heterocycles. The molecule has 0 atom stereocenters. The molecule has 0 amide bonds. The van der Waals surface area contributed by atoms with Gasteiger partial charge in [0.05, 0.1) is 16.8 Å². The highest BCUT2D eigenvalue weighted by Crippen LogP contribution is 2.37. The summed E-state index contributed by atoms with van der Waals surface area (Å²) in [6.07, 6.45) is -4.54. The molecule has 29 heavy (non-hydrogen) atoms. The SMILES string of the molecule is CN1CCN(C2=C(c3cccc(C(F)(F)F)c3)C(=O)c3ccccc3C2=O)CC1. The summed E-state index contributed by atoms with van der Waals surface area (Å²) in [5.74, 6) is -0.745. The second-order valence-electron chi connectivity index (χ2n) is 7.30. The van der Waals surface area contributed by atoms with Gasteiger partial charge in [0.15, 0.2) is 5.78 Å². The lowest BCUT2D eigenvalue weighted by molar-refractivity contribution is -0.137. The number of rotatable bonds is 2. The Morgan fingerprint density at radius 2 is 1.45 bits per heavy atom. The number of alkyl halides is 3. The van der Waals surface area contributed by atoms with Crippen molar-refractivity contribution in [2.75, 3.05) is 33.2 Å². The highest BCUT2D eigenvalue weighted by atomic mass is 19.4. The molecular weight excluding hydrogens is 381 g/mol. The van der Waals surface area contributed by atoms with E-state index < -0.39 is 17.5 Å². The largest absolute Gasteiger partial charge is 0.416 e. The van der Waals surface area contributed by atoms with E-state index >= 15 is 0 Å². The molecule has 0 aromatic heterocycles. The number of Topliss-reactive ketones (excluding diaryl/α,β-unsaturated/α-hetero) is 2. The van der Waals surface area contributed by atoms with Crippen molar-refractivity contribution in [1.29, 1.82) is 0 Å². The van der Waals surface area contributed by atoms with Crippen LogP contribution < -0.4 is 0 Å². The summed E-state index contributed by atoms with van der Waals surface area (Å²) in [7, 11) is 1.96. The smallest absolute Gasteiger partial charge is 0.365 e. The second-order valence-corrected chi connectivity index (χ2v) is 7.30.